The van der Waals surface area contributed by atoms with Crippen LogP contribution in [0, 0.1) is 6.92 Å². The van der Waals surface area contributed by atoms with Crippen molar-refractivity contribution in [2.75, 3.05) is 13.6 Å². The van der Waals surface area contributed by atoms with Crippen molar-refractivity contribution in [1.29, 1.82) is 0 Å². The zero-order chi connectivity index (χ0) is 17.0. The molecule has 0 saturated carbocycles. The van der Waals surface area contributed by atoms with Crippen molar-refractivity contribution in [3.05, 3.63) is 54.1 Å². The molecule has 2 aromatic carbocycles. The van der Waals surface area contributed by atoms with E-state index in [1.165, 1.54) is 11.4 Å². The van der Waals surface area contributed by atoms with Crippen LogP contribution in [0.2, 0.25) is 0 Å². The van der Waals surface area contributed by atoms with E-state index in [4.69, 9.17) is 10.5 Å². The van der Waals surface area contributed by atoms with Gasteiger partial charge in [-0.2, -0.15) is 4.31 Å². The molecular weight excluding hydrogens is 348 g/mol. The Kier molecular flexibility index (Phi) is 7.23. The Labute approximate surface area is 149 Å². The second kappa shape index (κ2) is 8.48. The summed E-state index contributed by atoms with van der Waals surface area (Å²) < 4.78 is 32.0. The average Bonchev–Trinajstić information content (AvgIpc) is 2.54. The van der Waals surface area contributed by atoms with Gasteiger partial charge in [-0.3, -0.25) is 0 Å². The molecule has 1 unspecified atom stereocenters. The van der Waals surface area contributed by atoms with E-state index in [1.807, 2.05) is 31.2 Å². The number of aryl methyl sites for hydroxylation is 1. The van der Waals surface area contributed by atoms with Crippen LogP contribution in [0.3, 0.4) is 0 Å². The number of rotatable bonds is 6. The van der Waals surface area contributed by atoms with Crippen molar-refractivity contribution >= 4 is 22.4 Å². The smallest absolute Gasteiger partial charge is 0.243 e. The molecule has 0 aliphatic carbocycles. The Bertz CT molecular complexity index is 764. The summed E-state index contributed by atoms with van der Waals surface area (Å²) >= 11 is 0. The number of benzene rings is 2. The van der Waals surface area contributed by atoms with Crippen LogP contribution in [0.1, 0.15) is 12.5 Å². The maximum atomic E-state index is 12.5. The second-order valence-electron chi connectivity index (χ2n) is 5.50. The summed E-state index contributed by atoms with van der Waals surface area (Å²) in [6.45, 7) is 4.02. The zero-order valence-corrected chi connectivity index (χ0v) is 15.6. The summed E-state index contributed by atoms with van der Waals surface area (Å²) in [5.74, 6) is 1.30. The SMILES string of the molecule is Cc1cccc(Oc2ccc(S(=O)(=O)N(C)C(C)CN)cc2)c1.Cl. The molecule has 0 aliphatic heterocycles. The van der Waals surface area contributed by atoms with Gasteiger partial charge in [0.1, 0.15) is 11.5 Å². The first-order chi connectivity index (χ1) is 10.8. The van der Waals surface area contributed by atoms with E-state index >= 15 is 0 Å². The largest absolute Gasteiger partial charge is 0.457 e. The summed E-state index contributed by atoms with van der Waals surface area (Å²) in [5.41, 5.74) is 6.64. The maximum absolute atomic E-state index is 12.5. The maximum Gasteiger partial charge on any atom is 0.243 e. The van der Waals surface area contributed by atoms with E-state index in [0.29, 0.717) is 5.75 Å². The average molecular weight is 371 g/mol. The van der Waals surface area contributed by atoms with Gasteiger partial charge in [0.25, 0.3) is 0 Å². The Morgan fingerprint density at radius 1 is 1.12 bits per heavy atom. The number of ether oxygens (including phenoxy) is 1. The van der Waals surface area contributed by atoms with Gasteiger partial charge in [0.2, 0.25) is 10.0 Å². The number of hydrogen-bond acceptors (Lipinski definition) is 4. The van der Waals surface area contributed by atoms with Crippen LogP contribution in [0.15, 0.2) is 53.4 Å². The van der Waals surface area contributed by atoms with Gasteiger partial charge in [-0.25, -0.2) is 8.42 Å². The fraction of sp³-hybridized carbons (Fsp3) is 0.294. The molecular formula is C17H23ClN2O3S. The molecule has 0 fully saturated rings. The molecule has 0 heterocycles. The molecule has 0 radical (unpaired) electrons. The highest BCUT2D eigenvalue weighted by atomic mass is 35.5. The molecule has 2 N–H and O–H groups in total. The third kappa shape index (κ3) is 4.70. The van der Waals surface area contributed by atoms with Crippen LogP contribution >= 0.6 is 12.4 Å². The van der Waals surface area contributed by atoms with Crippen molar-refractivity contribution in [2.45, 2.75) is 24.8 Å². The number of sulfonamides is 1. The summed E-state index contributed by atoms with van der Waals surface area (Å²) in [6, 6.07) is 13.8. The van der Waals surface area contributed by atoms with Crippen molar-refractivity contribution in [1.82, 2.24) is 4.31 Å². The fourth-order valence-corrected chi connectivity index (χ4v) is 3.42. The normalized spacial score (nSPS) is 12.5. The standard InChI is InChI=1S/C17H22N2O3S.ClH/c1-13-5-4-6-16(11-13)22-15-7-9-17(10-8-15)23(20,21)19(3)14(2)12-18;/h4-11,14H,12,18H2,1-3H3;1H. The molecule has 0 saturated heterocycles. The van der Waals surface area contributed by atoms with Crippen LogP contribution in [0.25, 0.3) is 0 Å². The number of likely N-dealkylation sites (N-methyl/N-ethyl adjacent to an activating group) is 1. The van der Waals surface area contributed by atoms with Gasteiger partial charge < -0.3 is 10.5 Å². The molecule has 0 aliphatic rings. The van der Waals surface area contributed by atoms with Gasteiger partial charge in [-0.15, -0.1) is 12.4 Å². The Morgan fingerprint density at radius 2 is 1.75 bits per heavy atom. The van der Waals surface area contributed by atoms with Crippen molar-refractivity contribution < 1.29 is 13.2 Å². The van der Waals surface area contributed by atoms with Gasteiger partial charge in [0.05, 0.1) is 4.90 Å². The zero-order valence-electron chi connectivity index (χ0n) is 14.0. The lowest BCUT2D eigenvalue weighted by Gasteiger charge is -2.23. The van der Waals surface area contributed by atoms with E-state index in [0.717, 1.165) is 11.3 Å². The van der Waals surface area contributed by atoms with Crippen LogP contribution < -0.4 is 10.5 Å². The van der Waals surface area contributed by atoms with Gasteiger partial charge in [-0.1, -0.05) is 12.1 Å². The Hall–Kier alpha value is -1.60. The van der Waals surface area contributed by atoms with Gasteiger partial charge in [0.15, 0.2) is 0 Å². The lowest BCUT2D eigenvalue weighted by atomic mass is 10.2. The quantitative estimate of drug-likeness (QED) is 0.847. The first kappa shape index (κ1) is 20.4. The molecule has 1 atom stereocenters. The number of halogens is 1. The molecule has 2 aromatic rings. The number of hydrogen-bond donors (Lipinski definition) is 1. The Morgan fingerprint density at radius 3 is 2.29 bits per heavy atom. The molecule has 24 heavy (non-hydrogen) atoms. The number of nitrogens with zero attached hydrogens (tertiary/aromatic N) is 1. The predicted molar refractivity (Wildman–Crippen MR) is 98.4 cm³/mol. The van der Waals surface area contributed by atoms with Crippen LogP contribution in [-0.4, -0.2) is 32.4 Å². The van der Waals surface area contributed by atoms with Gasteiger partial charge in [0, 0.05) is 19.6 Å². The monoisotopic (exact) mass is 370 g/mol. The minimum atomic E-state index is -3.55. The lowest BCUT2D eigenvalue weighted by molar-refractivity contribution is 0.394. The van der Waals surface area contributed by atoms with Crippen molar-refractivity contribution in [2.24, 2.45) is 5.73 Å². The Balaban J connectivity index is 0.00000288. The highest BCUT2D eigenvalue weighted by Crippen LogP contribution is 2.25. The lowest BCUT2D eigenvalue weighted by Crippen LogP contribution is -2.39. The predicted octanol–water partition coefficient (Wildman–Crippen LogP) is 3.18. The first-order valence-electron chi connectivity index (χ1n) is 7.37. The summed E-state index contributed by atoms with van der Waals surface area (Å²) in [7, 11) is -2.02. The topological polar surface area (TPSA) is 72.6 Å². The minimum absolute atomic E-state index is 0. The molecule has 7 heteroatoms. The molecule has 0 amide bonds. The molecule has 0 bridgehead atoms. The summed E-state index contributed by atoms with van der Waals surface area (Å²) in [6.07, 6.45) is 0. The molecule has 132 valence electrons. The summed E-state index contributed by atoms with van der Waals surface area (Å²) in [4.78, 5) is 0.219. The molecule has 2 rings (SSSR count). The minimum Gasteiger partial charge on any atom is -0.457 e. The van der Waals surface area contributed by atoms with E-state index in [2.05, 4.69) is 0 Å². The van der Waals surface area contributed by atoms with Crippen LogP contribution in [0.5, 0.6) is 11.5 Å². The van der Waals surface area contributed by atoms with E-state index in [9.17, 15) is 8.42 Å². The van der Waals surface area contributed by atoms with Crippen molar-refractivity contribution in [3.63, 3.8) is 0 Å². The van der Waals surface area contributed by atoms with E-state index < -0.39 is 10.0 Å². The summed E-state index contributed by atoms with van der Waals surface area (Å²) in [5, 5.41) is 0. The molecule has 0 aromatic heterocycles. The molecule has 0 spiro atoms. The second-order valence-corrected chi connectivity index (χ2v) is 7.49. The van der Waals surface area contributed by atoms with Crippen LogP contribution in [-0.2, 0) is 10.0 Å². The highest BCUT2D eigenvalue weighted by molar-refractivity contribution is 7.89. The van der Waals surface area contributed by atoms with Gasteiger partial charge >= 0.3 is 0 Å². The van der Waals surface area contributed by atoms with Crippen LogP contribution in [0.4, 0.5) is 0 Å². The first-order valence-corrected chi connectivity index (χ1v) is 8.81. The fourth-order valence-electron chi connectivity index (χ4n) is 2.05. The number of nitrogens with two attached hydrogens (primary N) is 1. The highest BCUT2D eigenvalue weighted by Gasteiger charge is 2.24. The van der Waals surface area contributed by atoms with Gasteiger partial charge in [-0.05, 0) is 55.8 Å². The molecule has 5 nitrogen and oxygen atoms in total. The third-order valence-corrected chi connectivity index (χ3v) is 5.67. The third-order valence-electron chi connectivity index (χ3n) is 3.69. The van der Waals surface area contributed by atoms with E-state index in [-0.39, 0.29) is 29.9 Å². The van der Waals surface area contributed by atoms with Crippen molar-refractivity contribution in [3.8, 4) is 11.5 Å². The van der Waals surface area contributed by atoms with E-state index in [1.54, 1.807) is 31.2 Å².